The molecule has 0 aliphatic rings. The van der Waals surface area contributed by atoms with E-state index in [2.05, 4.69) is 27.7 Å². The van der Waals surface area contributed by atoms with Gasteiger partial charge in [-0.3, -0.25) is 0 Å². The summed E-state index contributed by atoms with van der Waals surface area (Å²) in [4.78, 5) is 0. The van der Waals surface area contributed by atoms with Crippen LogP contribution in [0.15, 0.2) is 0 Å². The summed E-state index contributed by atoms with van der Waals surface area (Å²) in [7, 11) is 0. The lowest BCUT2D eigenvalue weighted by Gasteiger charge is -2.20. The van der Waals surface area contributed by atoms with Gasteiger partial charge in [-0.25, -0.2) is 0 Å². The van der Waals surface area contributed by atoms with Gasteiger partial charge in [-0.2, -0.15) is 0 Å². The zero-order valence-corrected chi connectivity index (χ0v) is 9.90. The molecular formula is C12H27N. The molecule has 0 saturated heterocycles. The van der Waals surface area contributed by atoms with E-state index >= 15 is 0 Å². The predicted octanol–water partition coefficient (Wildman–Crippen LogP) is 3.72. The zero-order valence-electron chi connectivity index (χ0n) is 9.90. The molecule has 13 heavy (non-hydrogen) atoms. The first-order chi connectivity index (χ1) is 5.95. The molecular weight excluding hydrogens is 158 g/mol. The lowest BCUT2D eigenvalue weighted by molar-refractivity contribution is 0.341. The molecule has 0 fully saturated rings. The zero-order chi connectivity index (χ0) is 10.3. The summed E-state index contributed by atoms with van der Waals surface area (Å²) in [6, 6.07) is 0.436. The van der Waals surface area contributed by atoms with Crippen molar-refractivity contribution in [2.75, 3.05) is 0 Å². The molecule has 1 nitrogen and oxygen atoms in total. The topological polar surface area (TPSA) is 26.0 Å². The number of rotatable bonds is 6. The average molecular weight is 185 g/mol. The van der Waals surface area contributed by atoms with E-state index in [1.54, 1.807) is 0 Å². The van der Waals surface area contributed by atoms with Crippen molar-refractivity contribution in [1.29, 1.82) is 0 Å². The Morgan fingerprint density at radius 3 is 2.15 bits per heavy atom. The van der Waals surface area contributed by atoms with E-state index in [1.807, 2.05) is 0 Å². The van der Waals surface area contributed by atoms with Gasteiger partial charge in [-0.15, -0.1) is 0 Å². The van der Waals surface area contributed by atoms with E-state index in [9.17, 15) is 0 Å². The molecule has 0 bridgehead atoms. The molecule has 1 unspecified atom stereocenters. The number of hydrogen-bond acceptors (Lipinski definition) is 1. The molecule has 0 aromatic heterocycles. The molecule has 0 saturated carbocycles. The molecule has 0 spiro atoms. The molecule has 0 aromatic rings. The molecule has 80 valence electrons. The molecule has 1 heteroatoms. The Hall–Kier alpha value is -0.0400. The minimum atomic E-state index is 0.436. The fraction of sp³-hybridized carbons (Fsp3) is 1.00. The predicted molar refractivity (Wildman–Crippen MR) is 60.8 cm³/mol. The van der Waals surface area contributed by atoms with Crippen LogP contribution in [0.5, 0.6) is 0 Å². The maximum Gasteiger partial charge on any atom is 0.00390 e. The maximum atomic E-state index is 6.02. The summed E-state index contributed by atoms with van der Waals surface area (Å²) < 4.78 is 0. The van der Waals surface area contributed by atoms with Gasteiger partial charge in [-0.1, -0.05) is 47.0 Å². The minimum absolute atomic E-state index is 0.436. The molecule has 0 rings (SSSR count). The van der Waals surface area contributed by atoms with Crippen LogP contribution in [-0.4, -0.2) is 6.04 Å². The maximum absolute atomic E-state index is 6.02. The van der Waals surface area contributed by atoms with Crippen molar-refractivity contribution in [2.45, 2.75) is 72.3 Å². The van der Waals surface area contributed by atoms with Crippen LogP contribution in [0.4, 0.5) is 0 Å². The standard InChI is InChI=1S/C12H27N/c1-5-6-7-8-11(13)9-10-12(2,3)4/h11H,5-10,13H2,1-4H3. The second kappa shape index (κ2) is 6.42. The normalized spacial score (nSPS) is 14.5. The molecule has 1 atom stereocenters. The van der Waals surface area contributed by atoms with Crippen molar-refractivity contribution in [3.05, 3.63) is 0 Å². The van der Waals surface area contributed by atoms with Crippen molar-refractivity contribution < 1.29 is 0 Å². The van der Waals surface area contributed by atoms with Crippen LogP contribution in [0.2, 0.25) is 0 Å². The van der Waals surface area contributed by atoms with Crippen LogP contribution in [0.25, 0.3) is 0 Å². The smallest absolute Gasteiger partial charge is 0.00390 e. The molecule has 0 radical (unpaired) electrons. The van der Waals surface area contributed by atoms with Crippen LogP contribution in [0.1, 0.15) is 66.2 Å². The van der Waals surface area contributed by atoms with E-state index in [4.69, 9.17) is 5.73 Å². The third kappa shape index (κ3) is 9.88. The molecule has 0 heterocycles. The highest BCUT2D eigenvalue weighted by molar-refractivity contribution is 4.68. The average Bonchev–Trinajstić information content (AvgIpc) is 2.00. The Balaban J connectivity index is 3.35. The number of nitrogens with two attached hydrogens (primary N) is 1. The van der Waals surface area contributed by atoms with Crippen molar-refractivity contribution in [3.8, 4) is 0 Å². The van der Waals surface area contributed by atoms with Crippen molar-refractivity contribution in [1.82, 2.24) is 0 Å². The van der Waals surface area contributed by atoms with Crippen molar-refractivity contribution in [2.24, 2.45) is 11.1 Å². The van der Waals surface area contributed by atoms with Crippen LogP contribution in [0, 0.1) is 5.41 Å². The van der Waals surface area contributed by atoms with Crippen LogP contribution < -0.4 is 5.73 Å². The Bertz CT molecular complexity index is 113. The van der Waals surface area contributed by atoms with E-state index in [0.717, 1.165) is 0 Å². The highest BCUT2D eigenvalue weighted by Gasteiger charge is 2.12. The van der Waals surface area contributed by atoms with Gasteiger partial charge in [0.25, 0.3) is 0 Å². The quantitative estimate of drug-likeness (QED) is 0.627. The van der Waals surface area contributed by atoms with Gasteiger partial charge in [0.05, 0.1) is 0 Å². The van der Waals surface area contributed by atoms with E-state index < -0.39 is 0 Å². The first-order valence-electron chi connectivity index (χ1n) is 5.71. The summed E-state index contributed by atoms with van der Waals surface area (Å²) >= 11 is 0. The summed E-state index contributed by atoms with van der Waals surface area (Å²) in [5.74, 6) is 0. The van der Waals surface area contributed by atoms with E-state index in [-0.39, 0.29) is 0 Å². The summed E-state index contributed by atoms with van der Waals surface area (Å²) in [5.41, 5.74) is 6.47. The van der Waals surface area contributed by atoms with Gasteiger partial charge in [0, 0.05) is 6.04 Å². The lowest BCUT2D eigenvalue weighted by atomic mass is 9.88. The second-order valence-corrected chi connectivity index (χ2v) is 5.36. The SMILES string of the molecule is CCCCCC(N)CCC(C)(C)C. The minimum Gasteiger partial charge on any atom is -0.328 e. The third-order valence-corrected chi connectivity index (χ3v) is 2.44. The largest absolute Gasteiger partial charge is 0.328 e. The molecule has 2 N–H and O–H groups in total. The molecule has 0 aliphatic heterocycles. The summed E-state index contributed by atoms with van der Waals surface area (Å²) in [5, 5.41) is 0. The lowest BCUT2D eigenvalue weighted by Crippen LogP contribution is -2.22. The summed E-state index contributed by atoms with van der Waals surface area (Å²) in [6.07, 6.45) is 7.59. The molecule has 0 aliphatic carbocycles. The fourth-order valence-corrected chi connectivity index (χ4v) is 1.42. The molecule has 0 aromatic carbocycles. The Morgan fingerprint density at radius 2 is 1.69 bits per heavy atom. The Kier molecular flexibility index (Phi) is 6.40. The van der Waals surface area contributed by atoms with E-state index in [1.165, 1.54) is 38.5 Å². The summed E-state index contributed by atoms with van der Waals surface area (Å²) in [6.45, 7) is 9.09. The van der Waals surface area contributed by atoms with Gasteiger partial charge < -0.3 is 5.73 Å². The molecule has 0 amide bonds. The van der Waals surface area contributed by atoms with Gasteiger partial charge in [0.1, 0.15) is 0 Å². The van der Waals surface area contributed by atoms with Gasteiger partial charge in [0.2, 0.25) is 0 Å². The Morgan fingerprint density at radius 1 is 1.08 bits per heavy atom. The highest BCUT2D eigenvalue weighted by Crippen LogP contribution is 2.22. The second-order valence-electron chi connectivity index (χ2n) is 5.36. The first-order valence-corrected chi connectivity index (χ1v) is 5.71. The van der Waals surface area contributed by atoms with Gasteiger partial charge in [-0.05, 0) is 24.7 Å². The van der Waals surface area contributed by atoms with Crippen LogP contribution >= 0.6 is 0 Å². The number of hydrogen-bond donors (Lipinski definition) is 1. The Labute approximate surface area is 84.1 Å². The monoisotopic (exact) mass is 185 g/mol. The van der Waals surface area contributed by atoms with Gasteiger partial charge in [0.15, 0.2) is 0 Å². The van der Waals surface area contributed by atoms with Crippen molar-refractivity contribution in [3.63, 3.8) is 0 Å². The van der Waals surface area contributed by atoms with Crippen LogP contribution in [-0.2, 0) is 0 Å². The van der Waals surface area contributed by atoms with Gasteiger partial charge >= 0.3 is 0 Å². The van der Waals surface area contributed by atoms with Crippen molar-refractivity contribution >= 4 is 0 Å². The number of unbranched alkanes of at least 4 members (excludes halogenated alkanes) is 2. The van der Waals surface area contributed by atoms with Crippen LogP contribution in [0.3, 0.4) is 0 Å². The first kappa shape index (κ1) is 13.0. The fourth-order valence-electron chi connectivity index (χ4n) is 1.42. The van der Waals surface area contributed by atoms with E-state index in [0.29, 0.717) is 11.5 Å². The third-order valence-electron chi connectivity index (χ3n) is 2.44. The highest BCUT2D eigenvalue weighted by atomic mass is 14.6.